The van der Waals surface area contributed by atoms with Crippen LogP contribution in [0.3, 0.4) is 0 Å². The second-order valence-electron chi connectivity index (χ2n) is 5.66. The monoisotopic (exact) mass is 386 g/mol. The van der Waals surface area contributed by atoms with Gasteiger partial charge in [0.25, 0.3) is 5.89 Å². The van der Waals surface area contributed by atoms with Gasteiger partial charge in [-0.3, -0.25) is 4.79 Å². The number of rotatable bonds is 8. The van der Waals surface area contributed by atoms with Gasteiger partial charge in [0.05, 0.1) is 12.7 Å². The third kappa shape index (κ3) is 4.98. The highest BCUT2D eigenvalue weighted by Crippen LogP contribution is 2.29. The Morgan fingerprint density at radius 1 is 1.15 bits per heavy atom. The van der Waals surface area contributed by atoms with Crippen molar-refractivity contribution in [1.29, 1.82) is 0 Å². The van der Waals surface area contributed by atoms with E-state index in [1.165, 1.54) is 0 Å². The molecule has 1 aromatic heterocycles. The van der Waals surface area contributed by atoms with Crippen LogP contribution in [0.4, 0.5) is 6.01 Å². The second kappa shape index (κ2) is 9.05. The maximum atomic E-state index is 12.0. The number of amides is 1. The van der Waals surface area contributed by atoms with Crippen LogP contribution in [0.1, 0.15) is 12.0 Å². The molecule has 3 aromatic rings. The fraction of sp³-hybridized carbons (Fsp3) is 0.211. The average molecular weight is 387 g/mol. The Morgan fingerprint density at radius 2 is 1.93 bits per heavy atom. The zero-order chi connectivity index (χ0) is 19.1. The van der Waals surface area contributed by atoms with Gasteiger partial charge in [-0.05, 0) is 23.8 Å². The summed E-state index contributed by atoms with van der Waals surface area (Å²) in [7, 11) is 1.58. The van der Waals surface area contributed by atoms with Crippen LogP contribution in [-0.2, 0) is 11.3 Å². The van der Waals surface area contributed by atoms with Crippen molar-refractivity contribution in [3.63, 3.8) is 0 Å². The lowest BCUT2D eigenvalue weighted by molar-refractivity contribution is -0.121. The largest absolute Gasteiger partial charge is 0.496 e. The first kappa shape index (κ1) is 18.7. The maximum absolute atomic E-state index is 12.0. The molecule has 27 heavy (non-hydrogen) atoms. The van der Waals surface area contributed by atoms with E-state index in [1.807, 2.05) is 42.5 Å². The average Bonchev–Trinajstić information content (AvgIpc) is 3.16. The van der Waals surface area contributed by atoms with Crippen LogP contribution < -0.4 is 15.4 Å². The molecule has 140 valence electrons. The molecular weight excluding hydrogens is 368 g/mol. The Labute approximate surface area is 161 Å². The smallest absolute Gasteiger partial charge is 0.315 e. The Morgan fingerprint density at radius 3 is 2.74 bits per heavy atom. The predicted molar refractivity (Wildman–Crippen MR) is 103 cm³/mol. The molecular formula is C19H19ClN4O3. The normalized spacial score (nSPS) is 10.4. The van der Waals surface area contributed by atoms with Crippen molar-refractivity contribution in [3.05, 3.63) is 59.1 Å². The highest BCUT2D eigenvalue weighted by molar-refractivity contribution is 6.31. The minimum absolute atomic E-state index is 0.105. The van der Waals surface area contributed by atoms with Crippen molar-refractivity contribution in [3.8, 4) is 17.2 Å². The van der Waals surface area contributed by atoms with Crippen molar-refractivity contribution >= 4 is 23.5 Å². The molecule has 0 fully saturated rings. The summed E-state index contributed by atoms with van der Waals surface area (Å²) in [5.41, 5.74) is 1.58. The van der Waals surface area contributed by atoms with Crippen molar-refractivity contribution in [2.45, 2.75) is 13.0 Å². The lowest BCUT2D eigenvalue weighted by Gasteiger charge is -2.07. The molecule has 0 saturated heterocycles. The highest BCUT2D eigenvalue weighted by atomic mass is 35.5. The fourth-order valence-electron chi connectivity index (χ4n) is 2.43. The van der Waals surface area contributed by atoms with Crippen LogP contribution in [0.5, 0.6) is 5.75 Å². The molecule has 0 aliphatic rings. The molecule has 0 bridgehead atoms. The topological polar surface area (TPSA) is 89.3 Å². The molecule has 0 spiro atoms. The van der Waals surface area contributed by atoms with E-state index in [4.69, 9.17) is 20.8 Å². The molecule has 8 heteroatoms. The van der Waals surface area contributed by atoms with E-state index >= 15 is 0 Å². The first-order chi connectivity index (χ1) is 13.2. The Bertz CT molecular complexity index is 913. The summed E-state index contributed by atoms with van der Waals surface area (Å²) in [6.45, 7) is 0.749. The summed E-state index contributed by atoms with van der Waals surface area (Å²) in [4.78, 5) is 12.0. The number of para-hydroxylation sites is 1. The van der Waals surface area contributed by atoms with E-state index in [-0.39, 0.29) is 18.3 Å². The molecule has 1 heterocycles. The Hall–Kier alpha value is -3.06. The summed E-state index contributed by atoms with van der Waals surface area (Å²) in [6, 6.07) is 15.0. The molecule has 0 unspecified atom stereocenters. The third-order valence-electron chi connectivity index (χ3n) is 3.82. The van der Waals surface area contributed by atoms with Crippen molar-refractivity contribution < 1.29 is 13.9 Å². The lowest BCUT2D eigenvalue weighted by Crippen LogP contribution is -2.25. The summed E-state index contributed by atoms with van der Waals surface area (Å²) in [5, 5.41) is 14.3. The number of ether oxygens (including phenoxy) is 1. The number of benzene rings is 2. The number of hydrogen-bond donors (Lipinski definition) is 2. The zero-order valence-corrected chi connectivity index (χ0v) is 15.5. The van der Waals surface area contributed by atoms with Gasteiger partial charge in [-0.15, -0.1) is 5.10 Å². The molecule has 0 aliphatic carbocycles. The van der Waals surface area contributed by atoms with E-state index in [9.17, 15) is 4.79 Å². The SMILES string of the molecule is COc1ccccc1-c1nnc(NCCC(=O)NCc2ccccc2Cl)o1. The quantitative estimate of drug-likeness (QED) is 0.615. The number of nitrogens with zero attached hydrogens (tertiary/aromatic N) is 2. The summed E-state index contributed by atoms with van der Waals surface area (Å²) < 4.78 is 10.9. The van der Waals surface area contributed by atoms with E-state index in [0.29, 0.717) is 35.3 Å². The Kier molecular flexibility index (Phi) is 6.27. The van der Waals surface area contributed by atoms with Gasteiger partial charge >= 0.3 is 6.01 Å². The maximum Gasteiger partial charge on any atom is 0.315 e. The van der Waals surface area contributed by atoms with Gasteiger partial charge in [0.1, 0.15) is 5.75 Å². The number of halogens is 1. The highest BCUT2D eigenvalue weighted by Gasteiger charge is 2.13. The first-order valence-corrected chi connectivity index (χ1v) is 8.76. The molecule has 0 aliphatic heterocycles. The van der Waals surface area contributed by atoms with E-state index < -0.39 is 0 Å². The Balaban J connectivity index is 1.48. The predicted octanol–water partition coefficient (Wildman–Crippen LogP) is 3.52. The number of anilines is 1. The van der Waals surface area contributed by atoms with E-state index in [1.54, 1.807) is 13.2 Å². The number of hydrogen-bond acceptors (Lipinski definition) is 6. The fourth-order valence-corrected chi connectivity index (χ4v) is 2.63. The van der Waals surface area contributed by atoms with Crippen LogP contribution >= 0.6 is 11.6 Å². The molecule has 0 saturated carbocycles. The molecule has 3 rings (SSSR count). The van der Waals surface area contributed by atoms with E-state index in [2.05, 4.69) is 20.8 Å². The van der Waals surface area contributed by atoms with Crippen LogP contribution in [0, 0.1) is 0 Å². The van der Waals surface area contributed by atoms with E-state index in [0.717, 1.165) is 5.56 Å². The minimum atomic E-state index is -0.105. The number of carbonyl (C=O) groups is 1. The van der Waals surface area contributed by atoms with Crippen LogP contribution in [0.2, 0.25) is 5.02 Å². The van der Waals surface area contributed by atoms with Gasteiger partial charge in [-0.1, -0.05) is 47.0 Å². The number of nitrogens with one attached hydrogen (secondary N) is 2. The first-order valence-electron chi connectivity index (χ1n) is 8.38. The summed E-state index contributed by atoms with van der Waals surface area (Å²) in [5.74, 6) is 0.886. The summed E-state index contributed by atoms with van der Waals surface area (Å²) >= 11 is 6.07. The third-order valence-corrected chi connectivity index (χ3v) is 4.19. The summed E-state index contributed by atoms with van der Waals surface area (Å²) in [6.07, 6.45) is 0.261. The van der Waals surface area contributed by atoms with Gasteiger partial charge in [-0.2, -0.15) is 0 Å². The van der Waals surface area contributed by atoms with Gasteiger partial charge in [-0.25, -0.2) is 0 Å². The number of aromatic nitrogens is 2. The van der Waals surface area contributed by atoms with Gasteiger partial charge < -0.3 is 19.8 Å². The van der Waals surface area contributed by atoms with Crippen molar-refractivity contribution in [1.82, 2.24) is 15.5 Å². The van der Waals surface area contributed by atoms with Crippen LogP contribution in [-0.4, -0.2) is 29.8 Å². The number of methoxy groups -OCH3 is 1. The minimum Gasteiger partial charge on any atom is -0.496 e. The van der Waals surface area contributed by atoms with Gasteiger partial charge in [0.2, 0.25) is 5.91 Å². The van der Waals surface area contributed by atoms with Crippen molar-refractivity contribution in [2.75, 3.05) is 19.0 Å². The van der Waals surface area contributed by atoms with Crippen LogP contribution in [0.15, 0.2) is 52.9 Å². The lowest BCUT2D eigenvalue weighted by atomic mass is 10.2. The molecule has 2 N–H and O–H groups in total. The zero-order valence-electron chi connectivity index (χ0n) is 14.7. The molecule has 1 amide bonds. The standard InChI is InChI=1S/C19H19ClN4O3/c1-26-16-9-5-3-7-14(16)18-23-24-19(27-18)21-11-10-17(25)22-12-13-6-2-4-8-15(13)20/h2-9H,10-12H2,1H3,(H,21,24)(H,22,25). The molecule has 0 atom stereocenters. The van der Waals surface area contributed by atoms with Gasteiger partial charge in [0, 0.05) is 24.5 Å². The second-order valence-corrected chi connectivity index (χ2v) is 6.06. The van der Waals surface area contributed by atoms with Crippen LogP contribution in [0.25, 0.3) is 11.5 Å². The van der Waals surface area contributed by atoms with Crippen molar-refractivity contribution in [2.24, 2.45) is 0 Å². The number of carbonyl (C=O) groups excluding carboxylic acids is 1. The molecule has 0 radical (unpaired) electrons. The molecule has 7 nitrogen and oxygen atoms in total. The molecule has 2 aromatic carbocycles. The van der Waals surface area contributed by atoms with Gasteiger partial charge in [0.15, 0.2) is 0 Å².